The molecule has 0 saturated carbocycles. The molecule has 136 valence electrons. The second-order valence-corrected chi connectivity index (χ2v) is 18.8. The summed E-state index contributed by atoms with van der Waals surface area (Å²) < 4.78 is 0.596. The van der Waals surface area contributed by atoms with Gasteiger partial charge in [-0.05, 0) is 16.9 Å². The number of aromatic nitrogens is 3. The molecule has 5 nitrogen and oxygen atoms in total. The number of rotatable bonds is 1. The van der Waals surface area contributed by atoms with Crippen molar-refractivity contribution in [2.45, 2.75) is 52.4 Å². The summed E-state index contributed by atoms with van der Waals surface area (Å²) in [5.41, 5.74) is 1.31. The van der Waals surface area contributed by atoms with Crippen LogP contribution < -0.4 is 3.58 Å². The first-order valence-corrected chi connectivity index (χ1v) is 18.3. The Bertz CT molecular complexity index is 664. The maximum atomic E-state index is 9.80. The molecule has 25 heavy (non-hydrogen) atoms. The van der Waals surface area contributed by atoms with Crippen LogP contribution in [0.4, 0.5) is 0 Å². The molecule has 1 heterocycles. The molecule has 1 aromatic carbocycles. The molecule has 2 rings (SSSR count). The Balaban J connectivity index is 0.000000293. The average molecular weight is 551 g/mol. The summed E-state index contributed by atoms with van der Waals surface area (Å²) >= 11 is -2.48. The van der Waals surface area contributed by atoms with Gasteiger partial charge in [0.1, 0.15) is 11.5 Å². The number of phenolic OH excluding ortho intramolecular Hbond substituents is 2. The Morgan fingerprint density at radius 3 is 1.56 bits per heavy atom. The van der Waals surface area contributed by atoms with E-state index in [0.717, 1.165) is 11.1 Å². The third-order valence-corrected chi connectivity index (χ3v) is 8.22. The summed E-state index contributed by atoms with van der Waals surface area (Å²) in [6.07, 6.45) is 2.80. The van der Waals surface area contributed by atoms with Gasteiger partial charge in [-0.1, -0.05) is 41.5 Å². The summed E-state index contributed by atoms with van der Waals surface area (Å²) in [5.74, 6) is 0.0796. The van der Waals surface area contributed by atoms with Gasteiger partial charge in [0.15, 0.2) is 0 Å². The summed E-state index contributed by atoms with van der Waals surface area (Å²) in [6, 6.07) is 4.51. The van der Waals surface area contributed by atoms with Crippen LogP contribution in [-0.2, 0) is 29.9 Å². The maximum absolute atomic E-state index is 9.80. The third-order valence-electron chi connectivity index (χ3n) is 3.31. The van der Waals surface area contributed by atoms with Gasteiger partial charge in [0.05, 0.1) is 6.07 Å². The molecule has 0 aliphatic rings. The summed E-state index contributed by atoms with van der Waals surface area (Å²) in [7, 11) is 11.3. The Hall–Kier alpha value is -0.720. The normalized spacial score (nSPS) is 11.5. The molecule has 1 radical (unpaired) electrons. The van der Waals surface area contributed by atoms with Gasteiger partial charge in [-0.15, -0.1) is 0 Å². The van der Waals surface area contributed by atoms with Crippen molar-refractivity contribution in [2.24, 2.45) is 0 Å². The molecule has 0 bridgehead atoms. The van der Waals surface area contributed by atoms with Gasteiger partial charge >= 0.3 is 67.4 Å². The van der Waals surface area contributed by atoms with Crippen molar-refractivity contribution in [2.75, 3.05) is 0 Å². The first-order valence-electron chi connectivity index (χ1n) is 7.63. The Morgan fingerprint density at radius 2 is 1.28 bits per heavy atom. The van der Waals surface area contributed by atoms with Crippen molar-refractivity contribution in [3.8, 4) is 11.5 Å². The van der Waals surface area contributed by atoms with Gasteiger partial charge in [0.25, 0.3) is 0 Å². The molecular formula is C17H23Cl2HfN3O2. The zero-order valence-electron chi connectivity index (χ0n) is 15.2. The topological polar surface area (TPSA) is 79.1 Å². The standard InChI is InChI=1S/C14H21O2.C3H2N3.2ClH.Hf/c1-13(2,3)9-7-10(14(4,5)6)12(16)8-11(9)15;1-4-2-6-3-5-1;;;/h7,15-16H,1-6H3;1-2H;2*1H;/q;;;;+2/p-2. The first kappa shape index (κ1) is 22.3. The van der Waals surface area contributed by atoms with Gasteiger partial charge < -0.3 is 10.2 Å². The van der Waals surface area contributed by atoms with Gasteiger partial charge in [-0.3, -0.25) is 0 Å². The summed E-state index contributed by atoms with van der Waals surface area (Å²) in [5, 5.41) is 19.6. The third kappa shape index (κ3) is 6.83. The quantitative estimate of drug-likeness (QED) is 0.527. The molecule has 0 atom stereocenters. The first-order chi connectivity index (χ1) is 11.3. The molecule has 2 aromatic rings. The summed E-state index contributed by atoms with van der Waals surface area (Å²) in [4.78, 5) is 11.2. The second kappa shape index (κ2) is 8.78. The van der Waals surface area contributed by atoms with Crippen LogP contribution in [0, 0.1) is 6.07 Å². The molecule has 2 N–H and O–H groups in total. The minimum absolute atomic E-state index is 0.0398. The SMILES string of the molecule is CC(C)(C)c1cc(C(C)(C)C)c(O)[c]c1O.[Cl][Hf]([Cl])[c]1ncncn1. The number of hydrogen-bond donors (Lipinski definition) is 2. The van der Waals surface area contributed by atoms with Gasteiger partial charge in [0, 0.05) is 11.1 Å². The van der Waals surface area contributed by atoms with Crippen LogP contribution in [-0.4, -0.2) is 25.2 Å². The number of benzene rings is 1. The predicted octanol–water partition coefficient (Wildman–Crippen LogP) is 3.92. The molecule has 1 aromatic heterocycles. The van der Waals surface area contributed by atoms with Crippen molar-refractivity contribution < 1.29 is 29.3 Å². The zero-order chi connectivity index (χ0) is 19.4. The van der Waals surface area contributed by atoms with E-state index in [2.05, 4.69) is 21.0 Å². The van der Waals surface area contributed by atoms with Crippen molar-refractivity contribution in [1.82, 2.24) is 15.0 Å². The van der Waals surface area contributed by atoms with Crippen LogP contribution in [0.1, 0.15) is 52.7 Å². The average Bonchev–Trinajstić information content (AvgIpc) is 2.46. The van der Waals surface area contributed by atoms with E-state index < -0.39 is 19.1 Å². The monoisotopic (exact) mass is 551 g/mol. The van der Waals surface area contributed by atoms with E-state index in [1.807, 2.05) is 47.6 Å². The number of phenols is 2. The van der Waals surface area contributed by atoms with E-state index in [1.54, 1.807) is 0 Å². The van der Waals surface area contributed by atoms with Crippen molar-refractivity contribution >= 4 is 20.7 Å². The van der Waals surface area contributed by atoms with Gasteiger partial charge in [-0.25, -0.2) is 0 Å². The molecule has 0 unspecified atom stereocenters. The van der Waals surface area contributed by atoms with Crippen molar-refractivity contribution in [3.05, 3.63) is 35.9 Å². The van der Waals surface area contributed by atoms with E-state index in [9.17, 15) is 10.2 Å². The van der Waals surface area contributed by atoms with Crippen LogP contribution in [0.2, 0.25) is 0 Å². The van der Waals surface area contributed by atoms with Gasteiger partial charge in [-0.2, -0.15) is 0 Å². The van der Waals surface area contributed by atoms with Crippen molar-refractivity contribution in [3.63, 3.8) is 0 Å². The molecule has 0 spiro atoms. The van der Waals surface area contributed by atoms with Crippen LogP contribution >= 0.6 is 17.2 Å². The Kier molecular flexibility index (Phi) is 7.84. The fourth-order valence-electron chi connectivity index (χ4n) is 2.01. The number of nitrogens with zero attached hydrogens (tertiary/aromatic N) is 3. The van der Waals surface area contributed by atoms with Crippen LogP contribution in [0.5, 0.6) is 11.5 Å². The van der Waals surface area contributed by atoms with Crippen LogP contribution in [0.25, 0.3) is 0 Å². The van der Waals surface area contributed by atoms with Crippen LogP contribution in [0.15, 0.2) is 18.7 Å². The molecule has 0 aliphatic heterocycles. The minimum atomic E-state index is -2.48. The predicted molar refractivity (Wildman–Crippen MR) is 97.2 cm³/mol. The molecule has 8 heteroatoms. The van der Waals surface area contributed by atoms with E-state index in [4.69, 9.17) is 17.2 Å². The number of halogens is 2. The molecular weight excluding hydrogens is 528 g/mol. The van der Waals surface area contributed by atoms with E-state index in [1.165, 1.54) is 12.7 Å². The number of aromatic hydroxyl groups is 2. The Labute approximate surface area is 164 Å². The Morgan fingerprint density at radius 1 is 0.880 bits per heavy atom. The number of hydrogen-bond acceptors (Lipinski definition) is 5. The second-order valence-electron chi connectivity index (χ2n) is 7.52. The molecule has 0 amide bonds. The fraction of sp³-hybridized carbons (Fsp3) is 0.471. The van der Waals surface area contributed by atoms with E-state index in [-0.39, 0.29) is 22.3 Å². The van der Waals surface area contributed by atoms with E-state index >= 15 is 0 Å². The van der Waals surface area contributed by atoms with Crippen molar-refractivity contribution in [1.29, 1.82) is 0 Å². The molecule has 0 aliphatic carbocycles. The van der Waals surface area contributed by atoms with Gasteiger partial charge in [0.2, 0.25) is 0 Å². The summed E-state index contributed by atoms with van der Waals surface area (Å²) in [6.45, 7) is 12.2. The van der Waals surface area contributed by atoms with E-state index in [0.29, 0.717) is 3.58 Å². The zero-order valence-corrected chi connectivity index (χ0v) is 20.3. The molecule has 0 fully saturated rings. The van der Waals surface area contributed by atoms with Crippen LogP contribution in [0.3, 0.4) is 0 Å². The molecule has 0 saturated heterocycles. The fourth-order valence-corrected chi connectivity index (χ4v) is 4.72.